The molecule has 12 heavy (non-hydrogen) atoms. The quantitative estimate of drug-likeness (QED) is 0.652. The molecule has 1 aromatic heterocycles. The molecule has 0 radical (unpaired) electrons. The fraction of sp³-hybridized carbons (Fsp3) is 0. The summed E-state index contributed by atoms with van der Waals surface area (Å²) in [5.74, 6) is -1.16. The summed E-state index contributed by atoms with van der Waals surface area (Å²) in [7, 11) is 0. The summed E-state index contributed by atoms with van der Waals surface area (Å²) >= 11 is -2.11. The largest absolute Gasteiger partial charge is 0.477 e. The number of aromatic carboxylic acids is 1. The second-order valence-corrected chi connectivity index (χ2v) is 2.90. The summed E-state index contributed by atoms with van der Waals surface area (Å²) in [5, 5.41) is 8.41. The zero-order chi connectivity index (χ0) is 9.14. The van der Waals surface area contributed by atoms with Crippen LogP contribution in [0.5, 0.6) is 0 Å². The van der Waals surface area contributed by atoms with Gasteiger partial charge in [0.15, 0.2) is 11.1 Å². The van der Waals surface area contributed by atoms with E-state index in [0.29, 0.717) is 0 Å². The second-order valence-electron chi connectivity index (χ2n) is 1.93. The van der Waals surface area contributed by atoms with Gasteiger partial charge >= 0.3 is 5.97 Å². The first-order chi connectivity index (χ1) is 5.61. The summed E-state index contributed by atoms with van der Waals surface area (Å²) < 4.78 is 18.9. The maximum atomic E-state index is 10.4. The Labute approximate surface area is 70.3 Å². The summed E-state index contributed by atoms with van der Waals surface area (Å²) in [4.78, 5) is 13.8. The summed E-state index contributed by atoms with van der Waals surface area (Å²) in [6, 6.07) is 2.42. The van der Waals surface area contributed by atoms with E-state index in [1.165, 1.54) is 12.1 Å². The van der Waals surface area contributed by atoms with Gasteiger partial charge in [0, 0.05) is 6.20 Å². The number of nitrogens with zero attached hydrogens (tertiary/aromatic N) is 1. The molecule has 0 spiro atoms. The topological polar surface area (TPSA) is 87.5 Å². The van der Waals surface area contributed by atoms with Crippen molar-refractivity contribution in [3.63, 3.8) is 0 Å². The fourth-order valence-corrected chi connectivity index (χ4v) is 0.937. The van der Waals surface area contributed by atoms with Crippen LogP contribution < -0.4 is 0 Å². The lowest BCUT2D eigenvalue weighted by atomic mass is 10.4. The van der Waals surface area contributed by atoms with Crippen LogP contribution >= 0.6 is 0 Å². The van der Waals surface area contributed by atoms with E-state index in [1.807, 2.05) is 0 Å². The van der Waals surface area contributed by atoms with E-state index < -0.39 is 17.0 Å². The van der Waals surface area contributed by atoms with Gasteiger partial charge in [-0.05, 0) is 12.1 Å². The van der Waals surface area contributed by atoms with Crippen molar-refractivity contribution in [1.82, 2.24) is 4.98 Å². The van der Waals surface area contributed by atoms with Gasteiger partial charge in [-0.1, -0.05) is 0 Å². The Kier molecular flexibility index (Phi) is 2.51. The smallest absolute Gasteiger partial charge is 0.354 e. The van der Waals surface area contributed by atoms with Crippen LogP contribution in [0.4, 0.5) is 0 Å². The second kappa shape index (κ2) is 3.42. The van der Waals surface area contributed by atoms with Gasteiger partial charge in [-0.2, -0.15) is 0 Å². The number of carboxylic acids is 1. The molecule has 1 aromatic rings. The highest BCUT2D eigenvalue weighted by molar-refractivity contribution is 7.79. The maximum absolute atomic E-state index is 10.4. The Morgan fingerprint density at radius 2 is 2.17 bits per heavy atom. The summed E-state index contributed by atoms with van der Waals surface area (Å²) in [5.41, 5.74) is -0.149. The minimum Gasteiger partial charge on any atom is -0.477 e. The van der Waals surface area contributed by atoms with Crippen LogP contribution in [0.1, 0.15) is 10.5 Å². The van der Waals surface area contributed by atoms with Gasteiger partial charge in [0.05, 0.1) is 4.90 Å². The van der Waals surface area contributed by atoms with Crippen LogP contribution in [0, 0.1) is 0 Å². The molecule has 0 saturated heterocycles. The molecule has 64 valence electrons. The molecular weight excluding hydrogens is 182 g/mol. The molecule has 6 heteroatoms. The van der Waals surface area contributed by atoms with Crippen molar-refractivity contribution in [2.24, 2.45) is 0 Å². The van der Waals surface area contributed by atoms with Crippen LogP contribution in [0.15, 0.2) is 23.2 Å². The first-order valence-electron chi connectivity index (χ1n) is 2.91. The van der Waals surface area contributed by atoms with Gasteiger partial charge in [-0.25, -0.2) is 14.0 Å². The first kappa shape index (κ1) is 8.82. The van der Waals surface area contributed by atoms with Crippen LogP contribution in [0.2, 0.25) is 0 Å². The van der Waals surface area contributed by atoms with Gasteiger partial charge in [0.2, 0.25) is 0 Å². The van der Waals surface area contributed by atoms with Crippen molar-refractivity contribution in [3.8, 4) is 0 Å². The van der Waals surface area contributed by atoms with Gasteiger partial charge < -0.3 is 9.66 Å². The summed E-state index contributed by atoms with van der Waals surface area (Å²) in [6.45, 7) is 0. The number of rotatable bonds is 2. The van der Waals surface area contributed by atoms with Gasteiger partial charge in [0.25, 0.3) is 0 Å². The van der Waals surface area contributed by atoms with Crippen molar-refractivity contribution in [3.05, 3.63) is 24.0 Å². The minimum atomic E-state index is -2.11. The fourth-order valence-electron chi connectivity index (χ4n) is 0.610. The number of hydrogen-bond donors (Lipinski definition) is 2. The zero-order valence-electron chi connectivity index (χ0n) is 5.80. The van der Waals surface area contributed by atoms with Crippen LogP contribution in [-0.4, -0.2) is 24.8 Å². The van der Waals surface area contributed by atoms with Crippen molar-refractivity contribution < 1.29 is 18.7 Å². The van der Waals surface area contributed by atoms with E-state index in [2.05, 4.69) is 4.98 Å². The van der Waals surface area contributed by atoms with Crippen molar-refractivity contribution >= 4 is 17.0 Å². The molecule has 0 aromatic carbocycles. The third-order valence-corrected chi connectivity index (χ3v) is 1.80. The molecule has 1 unspecified atom stereocenters. The number of carbonyl (C=O) groups is 1. The highest BCUT2D eigenvalue weighted by Crippen LogP contribution is 2.03. The highest BCUT2D eigenvalue weighted by atomic mass is 32.2. The molecule has 0 fully saturated rings. The Bertz CT molecular complexity index is 288. The average Bonchev–Trinajstić information content (AvgIpc) is 2.04. The van der Waals surface area contributed by atoms with E-state index >= 15 is 0 Å². The van der Waals surface area contributed by atoms with Gasteiger partial charge in [-0.3, -0.25) is 0 Å². The molecule has 0 aliphatic rings. The molecule has 1 heterocycles. The zero-order valence-corrected chi connectivity index (χ0v) is 6.61. The van der Waals surface area contributed by atoms with E-state index in [0.717, 1.165) is 6.20 Å². The van der Waals surface area contributed by atoms with E-state index in [4.69, 9.17) is 9.66 Å². The number of aromatic nitrogens is 1. The third-order valence-electron chi connectivity index (χ3n) is 1.16. The monoisotopic (exact) mass is 187 g/mol. The Morgan fingerprint density at radius 3 is 2.50 bits per heavy atom. The van der Waals surface area contributed by atoms with Crippen LogP contribution in [0.25, 0.3) is 0 Å². The molecule has 5 nitrogen and oxygen atoms in total. The number of pyridine rings is 1. The van der Waals surface area contributed by atoms with Crippen LogP contribution in [-0.2, 0) is 11.1 Å². The molecule has 0 aliphatic heterocycles. The normalized spacial score (nSPS) is 12.4. The average molecular weight is 187 g/mol. The number of carboxylic acid groups (broad SMARTS) is 1. The number of hydrogen-bond acceptors (Lipinski definition) is 3. The highest BCUT2D eigenvalue weighted by Gasteiger charge is 2.05. The SMILES string of the molecule is O=C(O)c1ccc(S(=O)O)cn1. The van der Waals surface area contributed by atoms with Crippen molar-refractivity contribution in [2.45, 2.75) is 4.90 Å². The first-order valence-corrected chi connectivity index (χ1v) is 4.02. The molecule has 1 atom stereocenters. The van der Waals surface area contributed by atoms with E-state index in [-0.39, 0.29) is 10.6 Å². The van der Waals surface area contributed by atoms with Crippen molar-refractivity contribution in [2.75, 3.05) is 0 Å². The van der Waals surface area contributed by atoms with E-state index in [1.54, 1.807) is 0 Å². The predicted molar refractivity (Wildman–Crippen MR) is 40.2 cm³/mol. The Morgan fingerprint density at radius 1 is 1.50 bits per heavy atom. The van der Waals surface area contributed by atoms with E-state index in [9.17, 15) is 9.00 Å². The molecular formula is C6H5NO4S. The lowest BCUT2D eigenvalue weighted by molar-refractivity contribution is 0.0690. The molecule has 2 N–H and O–H groups in total. The standard InChI is InChI=1S/C6H5NO4S/c8-6(9)5-2-1-4(3-7-5)12(10)11/h1-3H,(H,8,9)(H,10,11). The summed E-state index contributed by atoms with van der Waals surface area (Å²) in [6.07, 6.45) is 1.06. The molecule has 0 aliphatic carbocycles. The third kappa shape index (κ3) is 1.86. The lowest BCUT2D eigenvalue weighted by Crippen LogP contribution is -2.00. The Hall–Kier alpha value is -1.27. The Balaban J connectivity index is 3.01. The van der Waals surface area contributed by atoms with Gasteiger partial charge in [-0.15, -0.1) is 0 Å². The predicted octanol–water partition coefficient (Wildman–Crippen LogP) is 0.360. The maximum Gasteiger partial charge on any atom is 0.354 e. The molecule has 0 bridgehead atoms. The minimum absolute atomic E-state index is 0.0833. The van der Waals surface area contributed by atoms with Crippen molar-refractivity contribution in [1.29, 1.82) is 0 Å². The van der Waals surface area contributed by atoms with Crippen LogP contribution in [0.3, 0.4) is 0 Å². The van der Waals surface area contributed by atoms with Gasteiger partial charge in [0.1, 0.15) is 5.69 Å². The molecule has 1 rings (SSSR count). The molecule has 0 saturated carbocycles. The lowest BCUT2D eigenvalue weighted by Gasteiger charge is -1.94. The molecule has 0 amide bonds.